The molecule has 5 rings (SSSR count). The lowest BCUT2D eigenvalue weighted by atomic mass is 9.60. The normalized spacial score (nSPS) is 31.7. The Morgan fingerprint density at radius 2 is 2.06 bits per heavy atom. The van der Waals surface area contributed by atoms with Crippen LogP contribution < -0.4 is 0 Å². The number of esters is 1. The zero-order chi connectivity index (χ0) is 22.2. The molecular weight excluding hydrogens is 401 g/mol. The zero-order valence-corrected chi connectivity index (χ0v) is 18.7. The lowest BCUT2D eigenvalue weighted by Crippen LogP contribution is -2.38. The number of cyclic esters (lactones) is 1. The number of pyridine rings is 1. The molecule has 3 nitrogen and oxygen atoms in total. The summed E-state index contributed by atoms with van der Waals surface area (Å²) in [6, 6.07) is 10.5. The first kappa shape index (κ1) is 21.1. The van der Waals surface area contributed by atoms with Crippen LogP contribution in [0.25, 0.3) is 17.2 Å². The van der Waals surface area contributed by atoms with E-state index < -0.39 is 0 Å². The molecule has 1 aliphatic heterocycles. The molecule has 1 aromatic carbocycles. The minimum absolute atomic E-state index is 0.00454. The van der Waals surface area contributed by atoms with E-state index in [2.05, 4.69) is 37.1 Å². The highest BCUT2D eigenvalue weighted by molar-refractivity contribution is 5.76. The van der Waals surface area contributed by atoms with Crippen LogP contribution in [0.2, 0.25) is 0 Å². The second-order valence-corrected chi connectivity index (χ2v) is 9.65. The van der Waals surface area contributed by atoms with E-state index >= 15 is 0 Å². The van der Waals surface area contributed by atoms with Gasteiger partial charge in [0.2, 0.25) is 0 Å². The van der Waals surface area contributed by atoms with Gasteiger partial charge in [0, 0.05) is 23.6 Å². The standard InChI is InChI=1S/C28H30FNO2/c1-3-26-27-24(23-11-7-17(2)13-20(23)15-25(27)28(31)32-26)12-10-22-9-8-19(16-30-22)18-5-4-6-21(29)14-18/h4-6,8-12,14,16-17,20,24-27H,3,7,13,15H2,1-2H3/b12-10+/t17-,20+,24+,25-,26?,27?/m1/s1. The van der Waals surface area contributed by atoms with Crippen molar-refractivity contribution in [3.05, 3.63) is 71.8 Å². The van der Waals surface area contributed by atoms with Crippen molar-refractivity contribution in [2.24, 2.45) is 29.6 Å². The van der Waals surface area contributed by atoms with Gasteiger partial charge in [0.25, 0.3) is 0 Å². The van der Waals surface area contributed by atoms with Crippen LogP contribution in [0.4, 0.5) is 4.39 Å². The molecule has 1 saturated carbocycles. The van der Waals surface area contributed by atoms with Crippen LogP contribution >= 0.6 is 0 Å². The Morgan fingerprint density at radius 3 is 2.81 bits per heavy atom. The van der Waals surface area contributed by atoms with Gasteiger partial charge in [-0.1, -0.05) is 49.8 Å². The molecule has 2 unspecified atom stereocenters. The number of nitrogens with zero attached hydrogens (tertiary/aromatic N) is 1. The molecule has 3 aliphatic rings. The van der Waals surface area contributed by atoms with Gasteiger partial charge in [-0.25, -0.2) is 4.39 Å². The maximum Gasteiger partial charge on any atom is 0.309 e. The summed E-state index contributed by atoms with van der Waals surface area (Å²) in [4.78, 5) is 17.2. The van der Waals surface area contributed by atoms with Crippen molar-refractivity contribution in [2.75, 3.05) is 0 Å². The zero-order valence-electron chi connectivity index (χ0n) is 18.7. The van der Waals surface area contributed by atoms with E-state index in [9.17, 15) is 9.18 Å². The molecule has 6 atom stereocenters. The summed E-state index contributed by atoms with van der Waals surface area (Å²) in [6.45, 7) is 4.41. The van der Waals surface area contributed by atoms with E-state index in [0.717, 1.165) is 42.5 Å². The van der Waals surface area contributed by atoms with Gasteiger partial charge >= 0.3 is 5.97 Å². The van der Waals surface area contributed by atoms with Crippen molar-refractivity contribution < 1.29 is 13.9 Å². The molecule has 2 aliphatic carbocycles. The Morgan fingerprint density at radius 1 is 1.19 bits per heavy atom. The van der Waals surface area contributed by atoms with Crippen LogP contribution in [-0.2, 0) is 9.53 Å². The largest absolute Gasteiger partial charge is 0.462 e. The molecule has 4 heteroatoms. The van der Waals surface area contributed by atoms with E-state index in [1.54, 1.807) is 12.3 Å². The van der Waals surface area contributed by atoms with E-state index in [4.69, 9.17) is 4.74 Å². The third kappa shape index (κ3) is 3.92. The third-order valence-electron chi connectivity index (χ3n) is 7.54. The first-order valence-electron chi connectivity index (χ1n) is 11.8. The van der Waals surface area contributed by atoms with Crippen molar-refractivity contribution in [3.8, 4) is 11.1 Å². The molecule has 1 saturated heterocycles. The Hall–Kier alpha value is -2.75. The average Bonchev–Trinajstić information content (AvgIpc) is 3.12. The van der Waals surface area contributed by atoms with Crippen molar-refractivity contribution in [1.29, 1.82) is 0 Å². The molecule has 0 N–H and O–H groups in total. The van der Waals surface area contributed by atoms with Gasteiger partial charge in [-0.2, -0.15) is 0 Å². The summed E-state index contributed by atoms with van der Waals surface area (Å²) in [6.07, 6.45) is 12.6. The predicted octanol–water partition coefficient (Wildman–Crippen LogP) is 6.46. The van der Waals surface area contributed by atoms with Gasteiger partial charge in [0.1, 0.15) is 11.9 Å². The molecular formula is C28H30FNO2. The second-order valence-electron chi connectivity index (χ2n) is 9.65. The number of allylic oxidation sites excluding steroid dienone is 3. The summed E-state index contributed by atoms with van der Waals surface area (Å²) >= 11 is 0. The smallest absolute Gasteiger partial charge is 0.309 e. The lowest BCUT2D eigenvalue weighted by molar-refractivity contribution is -0.144. The summed E-state index contributed by atoms with van der Waals surface area (Å²) < 4.78 is 19.3. The number of ether oxygens (including phenoxy) is 1. The van der Waals surface area contributed by atoms with Crippen molar-refractivity contribution in [2.45, 2.75) is 45.6 Å². The number of aromatic nitrogens is 1. The summed E-state index contributed by atoms with van der Waals surface area (Å²) in [5.74, 6) is 1.32. The fourth-order valence-electron chi connectivity index (χ4n) is 6.00. The Kier molecular flexibility index (Phi) is 5.71. The third-order valence-corrected chi connectivity index (χ3v) is 7.54. The molecule has 2 heterocycles. The number of rotatable bonds is 4. The van der Waals surface area contributed by atoms with Crippen molar-refractivity contribution >= 4 is 12.0 Å². The minimum Gasteiger partial charge on any atom is -0.462 e. The fourth-order valence-corrected chi connectivity index (χ4v) is 6.00. The molecule has 0 radical (unpaired) electrons. The Labute approximate surface area is 189 Å². The van der Waals surface area contributed by atoms with E-state index in [-0.39, 0.29) is 35.6 Å². The van der Waals surface area contributed by atoms with Gasteiger partial charge in [-0.3, -0.25) is 9.78 Å². The molecule has 0 spiro atoms. The number of carbonyl (C=O) groups excluding carboxylic acids is 1. The minimum atomic E-state index is -0.248. The van der Waals surface area contributed by atoms with E-state index in [1.807, 2.05) is 18.2 Å². The van der Waals surface area contributed by atoms with Crippen molar-refractivity contribution in [3.63, 3.8) is 0 Å². The molecule has 2 aromatic rings. The highest BCUT2D eigenvalue weighted by Crippen LogP contribution is 2.52. The number of benzene rings is 1. The van der Waals surface area contributed by atoms with Crippen LogP contribution in [0.15, 0.2) is 60.3 Å². The van der Waals surface area contributed by atoms with Crippen LogP contribution in [-0.4, -0.2) is 17.1 Å². The quantitative estimate of drug-likeness (QED) is 0.412. The van der Waals surface area contributed by atoms with Crippen LogP contribution in [0.3, 0.4) is 0 Å². The average molecular weight is 432 g/mol. The number of fused-ring (bicyclic) bond motifs is 2. The fraction of sp³-hybridized carbons (Fsp3) is 0.429. The topological polar surface area (TPSA) is 39.2 Å². The molecule has 32 heavy (non-hydrogen) atoms. The van der Waals surface area contributed by atoms with E-state index in [0.29, 0.717) is 11.8 Å². The van der Waals surface area contributed by atoms with Gasteiger partial charge in [0.05, 0.1) is 11.6 Å². The highest BCUT2D eigenvalue weighted by atomic mass is 19.1. The number of carbonyl (C=O) groups is 1. The summed E-state index contributed by atoms with van der Waals surface area (Å²) in [5.41, 5.74) is 4.07. The number of hydrogen-bond donors (Lipinski definition) is 0. The van der Waals surface area contributed by atoms with Gasteiger partial charge < -0.3 is 4.74 Å². The van der Waals surface area contributed by atoms with Crippen molar-refractivity contribution in [1.82, 2.24) is 4.98 Å². The second kappa shape index (κ2) is 8.65. The lowest BCUT2D eigenvalue weighted by Gasteiger charge is -2.42. The van der Waals surface area contributed by atoms with Crippen LogP contribution in [0.1, 0.15) is 45.2 Å². The first-order valence-corrected chi connectivity index (χ1v) is 11.8. The monoisotopic (exact) mass is 431 g/mol. The highest BCUT2D eigenvalue weighted by Gasteiger charge is 2.52. The Balaban J connectivity index is 1.43. The molecule has 1 aromatic heterocycles. The maximum atomic E-state index is 13.5. The predicted molar refractivity (Wildman–Crippen MR) is 124 cm³/mol. The molecule has 2 fully saturated rings. The van der Waals surface area contributed by atoms with Gasteiger partial charge in [0.15, 0.2) is 0 Å². The number of halogens is 1. The molecule has 0 bridgehead atoms. The summed E-state index contributed by atoms with van der Waals surface area (Å²) in [7, 11) is 0. The Bertz CT molecular complexity index is 1060. The first-order chi connectivity index (χ1) is 15.5. The summed E-state index contributed by atoms with van der Waals surface area (Å²) in [5, 5.41) is 0. The van der Waals surface area contributed by atoms with Gasteiger partial charge in [-0.15, -0.1) is 0 Å². The van der Waals surface area contributed by atoms with Crippen LogP contribution in [0, 0.1) is 35.4 Å². The molecule has 166 valence electrons. The van der Waals surface area contributed by atoms with Gasteiger partial charge in [-0.05, 0) is 67.4 Å². The van der Waals surface area contributed by atoms with Crippen LogP contribution in [0.5, 0.6) is 0 Å². The van der Waals surface area contributed by atoms with E-state index in [1.165, 1.54) is 17.7 Å². The SMILES string of the molecule is CCC1OC(=O)[C@@H]2C[C@@H]3C[C@H](C)CC=C3[C@H](/C=C/c3ccc(-c4cccc(F)c4)cn3)C12. The number of hydrogen-bond acceptors (Lipinski definition) is 3. The molecule has 0 amide bonds. The maximum absolute atomic E-state index is 13.5.